The number of likely N-dealkylation sites (tertiary alicyclic amines) is 1. The number of hydrogen-bond acceptors (Lipinski definition) is 3. The first-order valence-electron chi connectivity index (χ1n) is 5.06. The fourth-order valence-corrected chi connectivity index (χ4v) is 2.01. The summed E-state index contributed by atoms with van der Waals surface area (Å²) in [6.45, 7) is 7.53. The zero-order valence-electron chi connectivity index (χ0n) is 8.66. The summed E-state index contributed by atoms with van der Waals surface area (Å²) in [5.74, 6) is 0.660. The highest BCUT2D eigenvalue weighted by Gasteiger charge is 2.36. The third kappa shape index (κ3) is 2.66. The van der Waals surface area contributed by atoms with Crippen LogP contribution in [0.5, 0.6) is 0 Å². The van der Waals surface area contributed by atoms with Crippen molar-refractivity contribution >= 4 is 0 Å². The smallest absolute Gasteiger partial charge is 0.0522 e. The summed E-state index contributed by atoms with van der Waals surface area (Å²) >= 11 is 0. The predicted octanol–water partition coefficient (Wildman–Crippen LogP) is 0.319. The molecule has 1 aliphatic rings. The normalized spacial score (nSPS) is 22.8. The van der Waals surface area contributed by atoms with E-state index in [9.17, 15) is 10.2 Å². The molecule has 1 saturated heterocycles. The molecular weight excluding hydrogens is 166 g/mol. The molecule has 0 radical (unpaired) electrons. The van der Waals surface area contributed by atoms with E-state index in [1.54, 1.807) is 0 Å². The third-order valence-electron chi connectivity index (χ3n) is 2.81. The minimum atomic E-state index is -0.227. The fraction of sp³-hybridized carbons (Fsp3) is 1.00. The number of aliphatic hydroxyl groups excluding tert-OH is 2. The highest BCUT2D eigenvalue weighted by Crippen LogP contribution is 2.29. The van der Waals surface area contributed by atoms with E-state index < -0.39 is 0 Å². The zero-order valence-corrected chi connectivity index (χ0v) is 8.66. The molecule has 1 heterocycles. The maximum absolute atomic E-state index is 9.18. The third-order valence-corrected chi connectivity index (χ3v) is 2.81. The van der Waals surface area contributed by atoms with E-state index >= 15 is 0 Å². The summed E-state index contributed by atoms with van der Waals surface area (Å²) in [5, 5.41) is 18.4. The largest absolute Gasteiger partial charge is 0.396 e. The van der Waals surface area contributed by atoms with Crippen LogP contribution in [0, 0.1) is 11.3 Å². The Kier molecular flexibility index (Phi) is 3.71. The number of hydrogen-bond donors (Lipinski definition) is 2. The number of rotatable bonds is 4. The summed E-state index contributed by atoms with van der Waals surface area (Å²) in [6.07, 6.45) is 0.923. The van der Waals surface area contributed by atoms with Gasteiger partial charge in [-0.3, -0.25) is 0 Å². The lowest BCUT2D eigenvalue weighted by Crippen LogP contribution is -2.34. The molecule has 0 saturated carbocycles. The van der Waals surface area contributed by atoms with Crippen LogP contribution in [0.25, 0.3) is 0 Å². The molecule has 0 aromatic rings. The van der Waals surface area contributed by atoms with Gasteiger partial charge in [0.15, 0.2) is 0 Å². The standard InChI is InChI=1S/C10H21NO2/c1-9(2)5-11-4-3-10(6-11,7-12)8-13/h9,12-13H,3-8H2,1-2H3. The average molecular weight is 187 g/mol. The van der Waals surface area contributed by atoms with Crippen molar-refractivity contribution < 1.29 is 10.2 Å². The van der Waals surface area contributed by atoms with Crippen molar-refractivity contribution in [1.29, 1.82) is 0 Å². The van der Waals surface area contributed by atoms with Crippen LogP contribution in [-0.4, -0.2) is 48.0 Å². The van der Waals surface area contributed by atoms with Gasteiger partial charge in [-0.2, -0.15) is 0 Å². The first-order chi connectivity index (χ1) is 6.12. The van der Waals surface area contributed by atoms with E-state index in [0.717, 1.165) is 26.1 Å². The maximum atomic E-state index is 9.18. The van der Waals surface area contributed by atoms with E-state index in [-0.39, 0.29) is 18.6 Å². The van der Waals surface area contributed by atoms with Crippen LogP contribution in [0.15, 0.2) is 0 Å². The summed E-state index contributed by atoms with van der Waals surface area (Å²) in [4.78, 5) is 2.33. The second-order valence-corrected chi connectivity index (χ2v) is 4.70. The highest BCUT2D eigenvalue weighted by atomic mass is 16.3. The fourth-order valence-electron chi connectivity index (χ4n) is 2.01. The van der Waals surface area contributed by atoms with Crippen molar-refractivity contribution in [3.05, 3.63) is 0 Å². The Bertz CT molecular complexity index is 155. The van der Waals surface area contributed by atoms with Gasteiger partial charge in [-0.15, -0.1) is 0 Å². The zero-order chi connectivity index (χ0) is 9.90. The van der Waals surface area contributed by atoms with Crippen molar-refractivity contribution in [3.63, 3.8) is 0 Å². The van der Waals surface area contributed by atoms with Gasteiger partial charge in [0.2, 0.25) is 0 Å². The molecule has 78 valence electrons. The Morgan fingerprint density at radius 1 is 1.31 bits per heavy atom. The Morgan fingerprint density at radius 3 is 2.31 bits per heavy atom. The molecule has 0 atom stereocenters. The van der Waals surface area contributed by atoms with E-state index in [1.165, 1.54) is 0 Å². The molecule has 1 aliphatic heterocycles. The first kappa shape index (κ1) is 11.0. The molecule has 0 aliphatic carbocycles. The summed E-state index contributed by atoms with van der Waals surface area (Å²) in [7, 11) is 0. The Labute approximate surface area is 80.4 Å². The van der Waals surface area contributed by atoms with Crippen molar-refractivity contribution in [3.8, 4) is 0 Å². The SMILES string of the molecule is CC(C)CN1CCC(CO)(CO)C1. The van der Waals surface area contributed by atoms with Crippen LogP contribution in [0.1, 0.15) is 20.3 Å². The van der Waals surface area contributed by atoms with E-state index in [4.69, 9.17) is 0 Å². The molecule has 2 N–H and O–H groups in total. The molecular formula is C10H21NO2. The molecule has 0 unspecified atom stereocenters. The Hall–Kier alpha value is -0.120. The van der Waals surface area contributed by atoms with E-state index in [2.05, 4.69) is 18.7 Å². The monoisotopic (exact) mass is 187 g/mol. The number of aliphatic hydroxyl groups is 2. The van der Waals surface area contributed by atoms with Gasteiger partial charge in [0.05, 0.1) is 13.2 Å². The molecule has 0 aromatic heterocycles. The van der Waals surface area contributed by atoms with Crippen molar-refractivity contribution in [2.45, 2.75) is 20.3 Å². The van der Waals surface area contributed by atoms with Gasteiger partial charge in [0.1, 0.15) is 0 Å². The topological polar surface area (TPSA) is 43.7 Å². The van der Waals surface area contributed by atoms with Gasteiger partial charge in [-0.05, 0) is 18.9 Å². The van der Waals surface area contributed by atoms with Crippen LogP contribution < -0.4 is 0 Å². The molecule has 3 heteroatoms. The Morgan fingerprint density at radius 2 is 1.92 bits per heavy atom. The van der Waals surface area contributed by atoms with Crippen LogP contribution in [0.3, 0.4) is 0 Å². The Balaban J connectivity index is 2.42. The lowest BCUT2D eigenvalue weighted by molar-refractivity contribution is 0.0603. The highest BCUT2D eigenvalue weighted by molar-refractivity contribution is 4.89. The van der Waals surface area contributed by atoms with Gasteiger partial charge in [-0.25, -0.2) is 0 Å². The van der Waals surface area contributed by atoms with Crippen LogP contribution >= 0.6 is 0 Å². The lowest BCUT2D eigenvalue weighted by atomic mass is 9.89. The van der Waals surface area contributed by atoms with Crippen molar-refractivity contribution in [2.75, 3.05) is 32.8 Å². The van der Waals surface area contributed by atoms with Gasteiger partial charge in [0, 0.05) is 18.5 Å². The lowest BCUT2D eigenvalue weighted by Gasteiger charge is -2.25. The summed E-state index contributed by atoms with van der Waals surface area (Å²) in [5.41, 5.74) is -0.227. The van der Waals surface area contributed by atoms with Gasteiger partial charge in [0.25, 0.3) is 0 Å². The molecule has 0 spiro atoms. The average Bonchev–Trinajstić information content (AvgIpc) is 2.48. The molecule has 1 rings (SSSR count). The van der Waals surface area contributed by atoms with Crippen LogP contribution in [0.2, 0.25) is 0 Å². The minimum Gasteiger partial charge on any atom is -0.396 e. The quantitative estimate of drug-likeness (QED) is 0.666. The van der Waals surface area contributed by atoms with Crippen molar-refractivity contribution in [2.24, 2.45) is 11.3 Å². The minimum absolute atomic E-state index is 0.109. The van der Waals surface area contributed by atoms with Gasteiger partial charge in [-0.1, -0.05) is 13.8 Å². The molecule has 0 aromatic carbocycles. The molecule has 0 amide bonds. The van der Waals surface area contributed by atoms with Crippen LogP contribution in [-0.2, 0) is 0 Å². The van der Waals surface area contributed by atoms with Crippen LogP contribution in [0.4, 0.5) is 0 Å². The van der Waals surface area contributed by atoms with Gasteiger partial charge < -0.3 is 15.1 Å². The number of nitrogens with zero attached hydrogens (tertiary/aromatic N) is 1. The van der Waals surface area contributed by atoms with Crippen molar-refractivity contribution in [1.82, 2.24) is 4.90 Å². The van der Waals surface area contributed by atoms with E-state index in [0.29, 0.717) is 5.92 Å². The molecule has 1 fully saturated rings. The predicted molar refractivity (Wildman–Crippen MR) is 52.5 cm³/mol. The molecule has 13 heavy (non-hydrogen) atoms. The van der Waals surface area contributed by atoms with E-state index in [1.807, 2.05) is 0 Å². The molecule has 0 bridgehead atoms. The summed E-state index contributed by atoms with van der Waals surface area (Å²) in [6, 6.07) is 0. The second kappa shape index (κ2) is 4.40. The molecule has 3 nitrogen and oxygen atoms in total. The maximum Gasteiger partial charge on any atom is 0.0522 e. The first-order valence-corrected chi connectivity index (χ1v) is 5.06. The van der Waals surface area contributed by atoms with Gasteiger partial charge >= 0.3 is 0 Å². The second-order valence-electron chi connectivity index (χ2n) is 4.70. The summed E-state index contributed by atoms with van der Waals surface area (Å²) < 4.78 is 0.